The van der Waals surface area contributed by atoms with Crippen LogP contribution < -0.4 is 10.6 Å². The van der Waals surface area contributed by atoms with E-state index in [1.54, 1.807) is 18.7 Å². The molecule has 0 saturated heterocycles. The molecule has 0 unspecified atom stereocenters. The summed E-state index contributed by atoms with van der Waals surface area (Å²) in [6, 6.07) is 47.2. The molecular formula is C42H35N7O2. The van der Waals surface area contributed by atoms with Crippen LogP contribution in [-0.2, 0) is 22.7 Å². The van der Waals surface area contributed by atoms with Gasteiger partial charge in [0.1, 0.15) is 18.9 Å². The van der Waals surface area contributed by atoms with Crippen LogP contribution in [0.15, 0.2) is 158 Å². The van der Waals surface area contributed by atoms with Gasteiger partial charge in [0, 0.05) is 11.3 Å². The first-order valence-corrected chi connectivity index (χ1v) is 16.6. The minimum absolute atomic E-state index is 0.0740. The van der Waals surface area contributed by atoms with Gasteiger partial charge < -0.3 is 19.8 Å². The third-order valence-electron chi connectivity index (χ3n) is 8.37. The summed E-state index contributed by atoms with van der Waals surface area (Å²) in [6.45, 7) is 2.51. The van der Waals surface area contributed by atoms with Gasteiger partial charge in [-0.25, -0.2) is 15.0 Å². The predicted molar refractivity (Wildman–Crippen MR) is 203 cm³/mol. The van der Waals surface area contributed by atoms with Gasteiger partial charge >= 0.3 is 0 Å². The van der Waals surface area contributed by atoms with Crippen LogP contribution >= 0.6 is 0 Å². The predicted octanol–water partition coefficient (Wildman–Crippen LogP) is 8.39. The average Bonchev–Trinajstić information content (AvgIpc) is 3.76. The van der Waals surface area contributed by atoms with Gasteiger partial charge in [-0.1, -0.05) is 97.1 Å². The van der Waals surface area contributed by atoms with Crippen LogP contribution in [0.2, 0.25) is 0 Å². The maximum absolute atomic E-state index is 12.5. The van der Waals surface area contributed by atoms with E-state index in [9.17, 15) is 9.59 Å². The van der Waals surface area contributed by atoms with Gasteiger partial charge in [0.15, 0.2) is 0 Å². The average molecular weight is 670 g/mol. The fraction of sp³-hybridized carbons (Fsp3) is 0.0714. The van der Waals surface area contributed by atoms with E-state index in [1.165, 1.54) is 11.1 Å². The summed E-state index contributed by atoms with van der Waals surface area (Å²) < 4.78 is 3.68. The van der Waals surface area contributed by atoms with Crippen LogP contribution in [0, 0.1) is 6.92 Å². The number of hydrogen-bond donors (Lipinski definition) is 2. The van der Waals surface area contributed by atoms with Crippen LogP contribution in [0.5, 0.6) is 0 Å². The Hall–Kier alpha value is -6.87. The lowest BCUT2D eigenvalue weighted by Gasteiger charge is -2.10. The number of rotatable bonds is 8. The number of aromatic nitrogens is 5. The monoisotopic (exact) mass is 669 g/mol. The molecule has 9 heteroatoms. The number of para-hydroxylation sites is 4. The molecule has 0 radical (unpaired) electrons. The number of nitrogens with one attached hydrogen (secondary N) is 2. The lowest BCUT2D eigenvalue weighted by Crippen LogP contribution is -2.19. The molecule has 0 fully saturated rings. The molecule has 9 nitrogen and oxygen atoms in total. The first-order valence-electron chi connectivity index (χ1n) is 16.6. The molecule has 250 valence electrons. The molecule has 3 heterocycles. The summed E-state index contributed by atoms with van der Waals surface area (Å²) >= 11 is 0. The summed E-state index contributed by atoms with van der Waals surface area (Å²) in [5.74, 6) is 0.326. The molecular weight excluding hydrogens is 635 g/mol. The lowest BCUT2D eigenvalue weighted by molar-refractivity contribution is -0.117. The van der Waals surface area contributed by atoms with Gasteiger partial charge in [0.2, 0.25) is 11.8 Å². The number of imidazole rings is 2. The van der Waals surface area contributed by atoms with E-state index >= 15 is 0 Å². The zero-order valence-electron chi connectivity index (χ0n) is 28.0. The van der Waals surface area contributed by atoms with Crippen molar-refractivity contribution < 1.29 is 9.59 Å². The number of amides is 2. The quantitative estimate of drug-likeness (QED) is 0.169. The van der Waals surface area contributed by atoms with E-state index in [4.69, 9.17) is 0 Å². The van der Waals surface area contributed by atoms with Crippen LogP contribution in [0.3, 0.4) is 0 Å². The molecule has 0 aliphatic rings. The largest absolute Gasteiger partial charge is 0.325 e. The highest BCUT2D eigenvalue weighted by Crippen LogP contribution is 2.26. The Balaban J connectivity index is 0.000000159. The Bertz CT molecular complexity index is 2450. The topological polar surface area (TPSA) is 107 Å². The zero-order chi connectivity index (χ0) is 35.0. The summed E-state index contributed by atoms with van der Waals surface area (Å²) in [4.78, 5) is 38.0. The van der Waals surface area contributed by atoms with Crippen molar-refractivity contribution in [2.24, 2.45) is 0 Å². The number of carbonyl (C=O) groups excluding carboxylic acids is 2. The van der Waals surface area contributed by atoms with Crippen molar-refractivity contribution in [3.8, 4) is 22.4 Å². The van der Waals surface area contributed by atoms with Gasteiger partial charge in [0.05, 0.1) is 40.4 Å². The third kappa shape index (κ3) is 7.90. The van der Waals surface area contributed by atoms with Gasteiger partial charge in [-0.05, 0) is 72.1 Å². The number of benzene rings is 5. The molecule has 8 aromatic rings. The van der Waals surface area contributed by atoms with Crippen molar-refractivity contribution in [1.82, 2.24) is 24.1 Å². The van der Waals surface area contributed by atoms with Crippen LogP contribution in [0.1, 0.15) is 5.56 Å². The summed E-state index contributed by atoms with van der Waals surface area (Å²) in [7, 11) is 0. The van der Waals surface area contributed by atoms with Crippen molar-refractivity contribution in [2.75, 3.05) is 10.6 Å². The second-order valence-electron chi connectivity index (χ2n) is 12.0. The second kappa shape index (κ2) is 15.1. The molecule has 0 spiro atoms. The van der Waals surface area contributed by atoms with Crippen molar-refractivity contribution >= 4 is 45.4 Å². The second-order valence-corrected chi connectivity index (χ2v) is 12.0. The van der Waals surface area contributed by atoms with E-state index < -0.39 is 0 Å². The van der Waals surface area contributed by atoms with E-state index in [1.807, 2.05) is 130 Å². The number of carbonyl (C=O) groups is 2. The molecule has 5 aromatic carbocycles. The van der Waals surface area contributed by atoms with Crippen LogP contribution in [-0.4, -0.2) is 35.9 Å². The van der Waals surface area contributed by atoms with E-state index in [0.717, 1.165) is 44.6 Å². The molecule has 2 amide bonds. The Morgan fingerprint density at radius 1 is 0.569 bits per heavy atom. The Morgan fingerprint density at radius 3 is 1.82 bits per heavy atom. The van der Waals surface area contributed by atoms with E-state index in [2.05, 4.69) is 50.7 Å². The maximum Gasteiger partial charge on any atom is 0.245 e. The zero-order valence-corrected chi connectivity index (χ0v) is 28.0. The molecule has 3 aromatic heterocycles. The highest BCUT2D eigenvalue weighted by atomic mass is 16.2. The summed E-state index contributed by atoms with van der Waals surface area (Å²) in [5, 5.41) is 5.84. The Labute approximate surface area is 295 Å². The minimum Gasteiger partial charge on any atom is -0.325 e. The van der Waals surface area contributed by atoms with Crippen molar-refractivity contribution in [2.45, 2.75) is 20.0 Å². The number of pyridine rings is 1. The molecule has 0 aliphatic heterocycles. The van der Waals surface area contributed by atoms with Crippen LogP contribution in [0.4, 0.5) is 11.5 Å². The molecule has 51 heavy (non-hydrogen) atoms. The summed E-state index contributed by atoms with van der Waals surface area (Å²) in [6.07, 6.45) is 3.38. The van der Waals surface area contributed by atoms with Crippen molar-refractivity contribution in [3.63, 3.8) is 0 Å². The minimum atomic E-state index is -0.138. The van der Waals surface area contributed by atoms with Crippen molar-refractivity contribution in [3.05, 3.63) is 164 Å². The first kappa shape index (κ1) is 32.7. The highest BCUT2D eigenvalue weighted by molar-refractivity contribution is 5.93. The van der Waals surface area contributed by atoms with Gasteiger partial charge in [0.25, 0.3) is 0 Å². The number of fused-ring (bicyclic) bond motifs is 2. The van der Waals surface area contributed by atoms with Crippen molar-refractivity contribution in [1.29, 1.82) is 0 Å². The van der Waals surface area contributed by atoms with Gasteiger partial charge in [-0.15, -0.1) is 0 Å². The highest BCUT2D eigenvalue weighted by Gasteiger charge is 2.10. The molecule has 0 saturated carbocycles. The fourth-order valence-corrected chi connectivity index (χ4v) is 5.90. The van der Waals surface area contributed by atoms with E-state index in [0.29, 0.717) is 5.82 Å². The molecule has 0 atom stereocenters. The standard InChI is InChI=1S/C22H19N3O.C20H16N4O/c1-16-7-2-3-10-19(16)17-8-6-9-18(13-17)24-22(26)14-25-15-23-20-11-4-5-12-21(20)25;25-20(13-24-14-21-17-9-4-5-11-18(17)24)23-19-12-6-10-16(22-19)15-7-2-1-3-8-15/h2-13,15H,14H2,1H3,(H,24,26);1-12,14H,13H2,(H,22,23,25). The molecule has 0 bridgehead atoms. The van der Waals surface area contributed by atoms with Gasteiger partial charge in [-0.2, -0.15) is 0 Å². The normalized spacial score (nSPS) is 10.8. The summed E-state index contributed by atoms with van der Waals surface area (Å²) in [5.41, 5.74) is 9.76. The van der Waals surface area contributed by atoms with Gasteiger partial charge in [-0.3, -0.25) is 9.59 Å². The number of anilines is 2. The first-order chi connectivity index (χ1) is 25.0. The maximum atomic E-state index is 12.5. The number of hydrogen-bond acceptors (Lipinski definition) is 5. The molecule has 8 rings (SSSR count). The number of nitrogens with zero attached hydrogens (tertiary/aromatic N) is 5. The third-order valence-corrected chi connectivity index (χ3v) is 8.37. The molecule has 0 aliphatic carbocycles. The van der Waals surface area contributed by atoms with E-state index in [-0.39, 0.29) is 24.9 Å². The Kier molecular flexibility index (Phi) is 9.69. The smallest absolute Gasteiger partial charge is 0.245 e. The lowest BCUT2D eigenvalue weighted by atomic mass is 10.0. The number of aryl methyl sites for hydroxylation is 1. The van der Waals surface area contributed by atoms with Crippen LogP contribution in [0.25, 0.3) is 44.5 Å². The Morgan fingerprint density at radius 2 is 1.14 bits per heavy atom. The fourth-order valence-electron chi connectivity index (χ4n) is 5.90. The molecule has 2 N–H and O–H groups in total. The SMILES string of the molecule is Cc1ccccc1-c1cccc(NC(=O)Cn2cnc3ccccc32)c1.O=C(Cn1cnc2ccccc21)Nc1cccc(-c2ccccc2)n1.